The summed E-state index contributed by atoms with van der Waals surface area (Å²) < 4.78 is 37.1. The molecule has 0 spiro atoms. The molecule has 0 aromatic heterocycles. The zero-order valence-electron chi connectivity index (χ0n) is 7.10. The third kappa shape index (κ3) is 2.15. The smallest absolute Gasteiger partial charge is 0.417 e. The molecule has 0 heterocycles. The van der Waals surface area contributed by atoms with E-state index in [-0.39, 0.29) is 5.69 Å². The molecule has 0 aliphatic carbocycles. The van der Waals surface area contributed by atoms with Crippen LogP contribution < -0.4 is 5.73 Å². The average Bonchev–Trinajstić information content (AvgIpc) is 2.06. The zero-order chi connectivity index (χ0) is 11.8. The number of carboxylic acid groups (broad SMARTS) is 1. The van der Waals surface area contributed by atoms with Gasteiger partial charge in [0.25, 0.3) is 0 Å². The molecule has 0 saturated carbocycles. The third-order valence-corrected chi connectivity index (χ3v) is 2.10. The van der Waals surface area contributed by atoms with Crippen LogP contribution in [0.15, 0.2) is 12.1 Å². The van der Waals surface area contributed by atoms with Gasteiger partial charge in [-0.3, -0.25) is 0 Å². The van der Waals surface area contributed by atoms with Crippen LogP contribution >= 0.6 is 11.6 Å². The molecule has 1 aromatic carbocycles. The van der Waals surface area contributed by atoms with Gasteiger partial charge in [0.2, 0.25) is 0 Å². The van der Waals surface area contributed by atoms with Crippen molar-refractivity contribution in [1.29, 1.82) is 0 Å². The molecule has 15 heavy (non-hydrogen) atoms. The standard InChI is InChI=1S/C8H5ClF3NO2/c9-6-4(13)2-1-3(8(10,11)12)5(6)7(14)15/h1-2H,13H2,(H,14,15). The first-order valence-corrected chi connectivity index (χ1v) is 4.01. The fraction of sp³-hybridized carbons (Fsp3) is 0.125. The predicted molar refractivity (Wildman–Crippen MR) is 47.8 cm³/mol. The Hall–Kier alpha value is -1.43. The molecule has 1 rings (SSSR count). The maximum atomic E-state index is 12.4. The fourth-order valence-corrected chi connectivity index (χ4v) is 1.28. The van der Waals surface area contributed by atoms with Crippen molar-refractivity contribution in [3.8, 4) is 0 Å². The van der Waals surface area contributed by atoms with E-state index in [0.717, 1.165) is 6.07 Å². The number of benzene rings is 1. The molecule has 3 nitrogen and oxygen atoms in total. The van der Waals surface area contributed by atoms with Crippen molar-refractivity contribution in [3.63, 3.8) is 0 Å². The first-order valence-electron chi connectivity index (χ1n) is 3.63. The SMILES string of the molecule is Nc1ccc(C(F)(F)F)c(C(=O)O)c1Cl. The van der Waals surface area contributed by atoms with E-state index in [9.17, 15) is 18.0 Å². The highest BCUT2D eigenvalue weighted by Crippen LogP contribution is 2.37. The molecule has 0 aliphatic rings. The van der Waals surface area contributed by atoms with Gasteiger partial charge in [-0.2, -0.15) is 13.2 Å². The van der Waals surface area contributed by atoms with Crippen LogP contribution in [0.4, 0.5) is 18.9 Å². The summed E-state index contributed by atoms with van der Waals surface area (Å²) in [5.41, 5.74) is 2.67. The number of alkyl halides is 3. The second-order valence-electron chi connectivity index (χ2n) is 2.69. The molecule has 0 radical (unpaired) electrons. The van der Waals surface area contributed by atoms with Crippen LogP contribution in [-0.4, -0.2) is 11.1 Å². The Labute approximate surface area is 87.3 Å². The minimum atomic E-state index is -4.77. The van der Waals surface area contributed by atoms with Gasteiger partial charge >= 0.3 is 12.1 Å². The second kappa shape index (κ2) is 3.62. The van der Waals surface area contributed by atoms with Gasteiger partial charge in [-0.1, -0.05) is 11.6 Å². The number of nitrogen functional groups attached to an aromatic ring is 1. The second-order valence-corrected chi connectivity index (χ2v) is 3.07. The van der Waals surface area contributed by atoms with Gasteiger partial charge in [0.15, 0.2) is 0 Å². The van der Waals surface area contributed by atoms with Crippen molar-refractivity contribution in [3.05, 3.63) is 28.3 Å². The predicted octanol–water partition coefficient (Wildman–Crippen LogP) is 2.64. The normalized spacial score (nSPS) is 11.5. The average molecular weight is 240 g/mol. The van der Waals surface area contributed by atoms with E-state index in [2.05, 4.69) is 0 Å². The molecule has 3 N–H and O–H groups in total. The van der Waals surface area contributed by atoms with Crippen LogP contribution in [0.5, 0.6) is 0 Å². The highest BCUT2D eigenvalue weighted by molar-refractivity contribution is 6.36. The first kappa shape index (κ1) is 11.6. The molecule has 0 saturated heterocycles. The lowest BCUT2D eigenvalue weighted by Gasteiger charge is -2.12. The number of halogens is 4. The number of carboxylic acids is 1. The van der Waals surface area contributed by atoms with Gasteiger partial charge < -0.3 is 10.8 Å². The lowest BCUT2D eigenvalue weighted by molar-refractivity contribution is -0.138. The minimum absolute atomic E-state index is 0.206. The summed E-state index contributed by atoms with van der Waals surface area (Å²) >= 11 is 5.39. The van der Waals surface area contributed by atoms with Crippen LogP contribution in [0.3, 0.4) is 0 Å². The third-order valence-electron chi connectivity index (χ3n) is 1.69. The Morgan fingerprint density at radius 3 is 2.33 bits per heavy atom. The van der Waals surface area contributed by atoms with Crippen LogP contribution in [0.1, 0.15) is 15.9 Å². The number of rotatable bonds is 1. The van der Waals surface area contributed by atoms with Crippen molar-refractivity contribution >= 4 is 23.3 Å². The molecular formula is C8H5ClF3NO2. The highest BCUT2D eigenvalue weighted by Gasteiger charge is 2.36. The van der Waals surface area contributed by atoms with Crippen molar-refractivity contribution in [1.82, 2.24) is 0 Å². The molecule has 0 aliphatic heterocycles. The van der Waals surface area contributed by atoms with Crippen LogP contribution in [0.2, 0.25) is 5.02 Å². The summed E-state index contributed by atoms with van der Waals surface area (Å²) in [6, 6.07) is 1.50. The quantitative estimate of drug-likeness (QED) is 0.741. The maximum absolute atomic E-state index is 12.4. The molecule has 0 bridgehead atoms. The number of hydrogen-bond acceptors (Lipinski definition) is 2. The van der Waals surface area contributed by atoms with Crippen LogP contribution in [-0.2, 0) is 6.18 Å². The highest BCUT2D eigenvalue weighted by atomic mass is 35.5. The molecular weight excluding hydrogens is 235 g/mol. The van der Waals surface area contributed by atoms with E-state index >= 15 is 0 Å². The van der Waals surface area contributed by atoms with Gasteiger partial charge in [0, 0.05) is 0 Å². The van der Waals surface area contributed by atoms with Crippen LogP contribution in [0.25, 0.3) is 0 Å². The minimum Gasteiger partial charge on any atom is -0.478 e. The van der Waals surface area contributed by atoms with Crippen molar-refractivity contribution in [2.24, 2.45) is 0 Å². The maximum Gasteiger partial charge on any atom is 0.417 e. The zero-order valence-corrected chi connectivity index (χ0v) is 7.86. The Morgan fingerprint density at radius 1 is 1.40 bits per heavy atom. The van der Waals surface area contributed by atoms with Crippen molar-refractivity contribution in [2.75, 3.05) is 5.73 Å². The van der Waals surface area contributed by atoms with Crippen LogP contribution in [0, 0.1) is 0 Å². The van der Waals surface area contributed by atoms with E-state index in [4.69, 9.17) is 22.4 Å². The van der Waals surface area contributed by atoms with E-state index in [1.807, 2.05) is 0 Å². The van der Waals surface area contributed by atoms with Gasteiger partial charge in [-0.15, -0.1) is 0 Å². The largest absolute Gasteiger partial charge is 0.478 e. The molecule has 0 unspecified atom stereocenters. The Morgan fingerprint density at radius 2 is 1.93 bits per heavy atom. The van der Waals surface area contributed by atoms with Crippen molar-refractivity contribution < 1.29 is 23.1 Å². The van der Waals surface area contributed by atoms with E-state index in [0.29, 0.717) is 6.07 Å². The summed E-state index contributed by atoms with van der Waals surface area (Å²) in [5.74, 6) is -1.76. The molecule has 0 amide bonds. The molecule has 0 atom stereocenters. The van der Waals surface area contributed by atoms with Gasteiger partial charge in [0.05, 0.1) is 21.8 Å². The van der Waals surface area contributed by atoms with Gasteiger partial charge in [-0.25, -0.2) is 4.79 Å². The topological polar surface area (TPSA) is 63.3 Å². The fourth-order valence-electron chi connectivity index (χ4n) is 1.04. The Bertz CT molecular complexity index is 417. The summed E-state index contributed by atoms with van der Waals surface area (Å²) in [4.78, 5) is 10.6. The Kier molecular flexibility index (Phi) is 2.81. The summed E-state index contributed by atoms with van der Waals surface area (Å²) in [6.45, 7) is 0. The van der Waals surface area contributed by atoms with Crippen molar-refractivity contribution in [2.45, 2.75) is 6.18 Å². The van der Waals surface area contributed by atoms with E-state index in [1.165, 1.54) is 0 Å². The number of hydrogen-bond donors (Lipinski definition) is 2. The number of anilines is 1. The van der Waals surface area contributed by atoms with Gasteiger partial charge in [-0.05, 0) is 12.1 Å². The molecule has 7 heteroatoms. The van der Waals surface area contributed by atoms with E-state index in [1.54, 1.807) is 0 Å². The Balaban J connectivity index is 3.55. The van der Waals surface area contributed by atoms with Gasteiger partial charge in [0.1, 0.15) is 0 Å². The number of nitrogens with two attached hydrogens (primary N) is 1. The number of carbonyl (C=O) groups is 1. The van der Waals surface area contributed by atoms with E-state index < -0.39 is 28.3 Å². The lowest BCUT2D eigenvalue weighted by atomic mass is 10.1. The summed E-state index contributed by atoms with van der Waals surface area (Å²) in [7, 11) is 0. The molecule has 0 fully saturated rings. The summed E-state index contributed by atoms with van der Waals surface area (Å²) in [6.07, 6.45) is -4.77. The number of aromatic carboxylic acids is 1. The molecule has 1 aromatic rings. The monoisotopic (exact) mass is 239 g/mol. The first-order chi connectivity index (χ1) is 6.75. The molecule has 82 valence electrons. The lowest BCUT2D eigenvalue weighted by Crippen LogP contribution is -2.14. The summed E-state index contributed by atoms with van der Waals surface area (Å²) in [5, 5.41) is 7.99.